The first-order valence-corrected chi connectivity index (χ1v) is 5.61. The maximum atomic E-state index is 13.1. The Morgan fingerprint density at radius 3 is 2.89 bits per heavy atom. The Kier molecular flexibility index (Phi) is 3.57. The lowest BCUT2D eigenvalue weighted by Crippen LogP contribution is -2.50. The molecule has 1 aliphatic heterocycles. The van der Waals surface area contributed by atoms with Crippen LogP contribution in [0.5, 0.6) is 5.75 Å². The van der Waals surface area contributed by atoms with Crippen LogP contribution in [0.25, 0.3) is 0 Å². The molecule has 0 aromatic heterocycles. The van der Waals surface area contributed by atoms with Gasteiger partial charge < -0.3 is 10.4 Å². The van der Waals surface area contributed by atoms with Crippen LogP contribution >= 0.6 is 0 Å². The van der Waals surface area contributed by atoms with Crippen LogP contribution in [0.2, 0.25) is 0 Å². The van der Waals surface area contributed by atoms with Crippen molar-refractivity contribution in [3.05, 3.63) is 29.6 Å². The molecule has 1 fully saturated rings. The lowest BCUT2D eigenvalue weighted by atomic mass is 10.1. The number of amides is 2. The molecule has 5 nitrogen and oxygen atoms in total. The predicted molar refractivity (Wildman–Crippen MR) is 61.1 cm³/mol. The van der Waals surface area contributed by atoms with Gasteiger partial charge in [-0.15, -0.1) is 0 Å². The SMILES string of the molecule is O=C1CCC(NCc2ccc(O)c(F)c2)C(=O)N1. The summed E-state index contributed by atoms with van der Waals surface area (Å²) in [6.07, 6.45) is 0.735. The molecule has 6 heteroatoms. The van der Waals surface area contributed by atoms with E-state index in [1.54, 1.807) is 6.07 Å². The van der Waals surface area contributed by atoms with Crippen LogP contribution in [0.1, 0.15) is 18.4 Å². The minimum Gasteiger partial charge on any atom is -0.505 e. The smallest absolute Gasteiger partial charge is 0.243 e. The van der Waals surface area contributed by atoms with Gasteiger partial charge in [0, 0.05) is 13.0 Å². The number of rotatable bonds is 3. The predicted octanol–water partition coefficient (Wildman–Crippen LogP) is 0.426. The van der Waals surface area contributed by atoms with E-state index >= 15 is 0 Å². The van der Waals surface area contributed by atoms with Gasteiger partial charge in [-0.3, -0.25) is 14.9 Å². The standard InChI is InChI=1S/C12H13FN2O3/c13-8-5-7(1-3-10(8)16)6-14-9-2-4-11(17)15-12(9)18/h1,3,5,9,14,16H,2,4,6H2,(H,15,17,18). The number of hydrogen-bond donors (Lipinski definition) is 3. The van der Waals surface area contributed by atoms with Gasteiger partial charge in [0.25, 0.3) is 0 Å². The first-order valence-electron chi connectivity index (χ1n) is 5.61. The molecule has 1 aliphatic rings. The quantitative estimate of drug-likeness (QED) is 0.681. The van der Waals surface area contributed by atoms with Crippen molar-refractivity contribution in [3.63, 3.8) is 0 Å². The molecule has 2 amide bonds. The van der Waals surface area contributed by atoms with Crippen molar-refractivity contribution in [2.45, 2.75) is 25.4 Å². The molecule has 2 rings (SSSR count). The molecule has 1 aromatic carbocycles. The largest absolute Gasteiger partial charge is 0.505 e. The molecule has 1 atom stereocenters. The molecule has 1 saturated heterocycles. The summed E-state index contributed by atoms with van der Waals surface area (Å²) in [5, 5.41) is 14.2. The van der Waals surface area contributed by atoms with E-state index in [2.05, 4.69) is 10.6 Å². The maximum absolute atomic E-state index is 13.1. The number of phenols is 1. The molecule has 1 heterocycles. The van der Waals surface area contributed by atoms with Gasteiger partial charge in [0.05, 0.1) is 6.04 Å². The molecular formula is C12H13FN2O3. The zero-order valence-corrected chi connectivity index (χ0v) is 9.57. The lowest BCUT2D eigenvalue weighted by molar-refractivity contribution is -0.134. The second-order valence-corrected chi connectivity index (χ2v) is 4.17. The van der Waals surface area contributed by atoms with Crippen LogP contribution < -0.4 is 10.6 Å². The number of carbonyl (C=O) groups excluding carboxylic acids is 2. The number of halogens is 1. The summed E-state index contributed by atoms with van der Waals surface area (Å²) in [6, 6.07) is 3.59. The van der Waals surface area contributed by atoms with Crippen molar-refractivity contribution in [1.82, 2.24) is 10.6 Å². The van der Waals surface area contributed by atoms with Gasteiger partial charge in [-0.1, -0.05) is 6.07 Å². The number of aromatic hydroxyl groups is 1. The van der Waals surface area contributed by atoms with Gasteiger partial charge in [0.15, 0.2) is 11.6 Å². The first kappa shape index (κ1) is 12.5. The van der Waals surface area contributed by atoms with E-state index < -0.39 is 17.6 Å². The third-order valence-corrected chi connectivity index (χ3v) is 2.80. The second-order valence-electron chi connectivity index (χ2n) is 4.17. The van der Waals surface area contributed by atoms with E-state index in [0.717, 1.165) is 0 Å². The van der Waals surface area contributed by atoms with Crippen LogP contribution in [0.15, 0.2) is 18.2 Å². The Balaban J connectivity index is 1.93. The molecule has 1 aromatic rings. The average Bonchev–Trinajstić information content (AvgIpc) is 2.32. The van der Waals surface area contributed by atoms with Crippen molar-refractivity contribution in [2.24, 2.45) is 0 Å². The monoisotopic (exact) mass is 252 g/mol. The maximum Gasteiger partial charge on any atom is 0.243 e. The van der Waals surface area contributed by atoms with Gasteiger partial charge in [0.1, 0.15) is 0 Å². The highest BCUT2D eigenvalue weighted by Crippen LogP contribution is 2.16. The van der Waals surface area contributed by atoms with Crippen molar-refractivity contribution in [1.29, 1.82) is 0 Å². The molecule has 0 aliphatic carbocycles. The molecular weight excluding hydrogens is 239 g/mol. The third kappa shape index (κ3) is 2.84. The van der Waals surface area contributed by atoms with Crippen LogP contribution in [0.4, 0.5) is 4.39 Å². The summed E-state index contributed by atoms with van der Waals surface area (Å²) in [5.74, 6) is -1.73. The summed E-state index contributed by atoms with van der Waals surface area (Å²) in [7, 11) is 0. The summed E-state index contributed by atoms with van der Waals surface area (Å²) < 4.78 is 13.1. The average molecular weight is 252 g/mol. The highest BCUT2D eigenvalue weighted by molar-refractivity contribution is 6.00. The van der Waals surface area contributed by atoms with Gasteiger partial charge in [-0.25, -0.2) is 4.39 Å². The normalized spacial score (nSPS) is 19.7. The van der Waals surface area contributed by atoms with Gasteiger partial charge in [0.2, 0.25) is 11.8 Å². The molecule has 1 unspecified atom stereocenters. The molecule has 96 valence electrons. The van der Waals surface area contributed by atoms with Crippen LogP contribution in [-0.2, 0) is 16.1 Å². The number of imide groups is 1. The van der Waals surface area contributed by atoms with E-state index in [1.165, 1.54) is 12.1 Å². The number of phenolic OH excluding ortho intramolecular Hbond substituents is 1. The Hall–Kier alpha value is -1.95. The first-order chi connectivity index (χ1) is 8.56. The van der Waals surface area contributed by atoms with Crippen LogP contribution in [0, 0.1) is 5.82 Å². The van der Waals surface area contributed by atoms with E-state index in [4.69, 9.17) is 5.11 Å². The van der Waals surface area contributed by atoms with Gasteiger partial charge >= 0.3 is 0 Å². The summed E-state index contributed by atoms with van der Waals surface area (Å²) in [5.41, 5.74) is 0.620. The molecule has 0 saturated carbocycles. The fourth-order valence-corrected chi connectivity index (χ4v) is 1.79. The van der Waals surface area contributed by atoms with Crippen molar-refractivity contribution in [2.75, 3.05) is 0 Å². The van der Waals surface area contributed by atoms with Crippen molar-refractivity contribution < 1.29 is 19.1 Å². The van der Waals surface area contributed by atoms with Gasteiger partial charge in [-0.2, -0.15) is 0 Å². The number of carbonyl (C=O) groups is 2. The summed E-state index contributed by atoms with van der Waals surface area (Å²) in [6.45, 7) is 0.295. The molecule has 0 spiro atoms. The van der Waals surface area contributed by atoms with Crippen LogP contribution in [0.3, 0.4) is 0 Å². The highest BCUT2D eigenvalue weighted by atomic mass is 19.1. The molecule has 0 radical (unpaired) electrons. The van der Waals surface area contributed by atoms with Gasteiger partial charge in [-0.05, 0) is 24.1 Å². The highest BCUT2D eigenvalue weighted by Gasteiger charge is 2.25. The number of piperidine rings is 1. The van der Waals surface area contributed by atoms with Crippen LogP contribution in [-0.4, -0.2) is 23.0 Å². The minimum absolute atomic E-state index is 0.270. The second kappa shape index (κ2) is 5.14. The zero-order valence-electron chi connectivity index (χ0n) is 9.57. The Morgan fingerprint density at radius 2 is 2.22 bits per heavy atom. The Morgan fingerprint density at radius 1 is 1.44 bits per heavy atom. The van der Waals surface area contributed by atoms with E-state index in [0.29, 0.717) is 24.9 Å². The number of benzene rings is 1. The number of nitrogens with one attached hydrogen (secondary N) is 2. The number of hydrogen-bond acceptors (Lipinski definition) is 4. The molecule has 3 N–H and O–H groups in total. The fraction of sp³-hybridized carbons (Fsp3) is 0.333. The lowest BCUT2D eigenvalue weighted by Gasteiger charge is -2.21. The van der Waals surface area contributed by atoms with Crippen molar-refractivity contribution >= 4 is 11.8 Å². The third-order valence-electron chi connectivity index (χ3n) is 2.80. The van der Waals surface area contributed by atoms with E-state index in [9.17, 15) is 14.0 Å². The van der Waals surface area contributed by atoms with E-state index in [1.807, 2.05) is 0 Å². The Labute approximate surface area is 103 Å². The summed E-state index contributed by atoms with van der Waals surface area (Å²) >= 11 is 0. The Bertz CT molecular complexity index is 490. The fourth-order valence-electron chi connectivity index (χ4n) is 1.79. The zero-order chi connectivity index (χ0) is 13.1. The van der Waals surface area contributed by atoms with Crippen molar-refractivity contribution in [3.8, 4) is 5.75 Å². The minimum atomic E-state index is -0.697. The van der Waals surface area contributed by atoms with E-state index in [-0.39, 0.29) is 11.8 Å². The molecule has 18 heavy (non-hydrogen) atoms. The molecule has 0 bridgehead atoms. The topological polar surface area (TPSA) is 78.4 Å². The summed E-state index contributed by atoms with van der Waals surface area (Å²) in [4.78, 5) is 22.4.